The first-order chi connectivity index (χ1) is 8.84. The zero-order valence-electron chi connectivity index (χ0n) is 11.5. The minimum atomic E-state index is -0.0988. The molecule has 0 spiro atoms. The van der Waals surface area contributed by atoms with Crippen molar-refractivity contribution in [3.05, 3.63) is 0 Å². The summed E-state index contributed by atoms with van der Waals surface area (Å²) in [5.74, 6) is 0.941. The molecule has 2 fully saturated rings. The summed E-state index contributed by atoms with van der Waals surface area (Å²) in [6.07, 6.45) is 13.0. The molecule has 2 aliphatic rings. The molecule has 18 heavy (non-hydrogen) atoms. The summed E-state index contributed by atoms with van der Waals surface area (Å²) in [4.78, 5) is 0. The van der Waals surface area contributed by atoms with Gasteiger partial charge in [-0.2, -0.15) is 11.8 Å². The summed E-state index contributed by atoms with van der Waals surface area (Å²) >= 11 is 2.01. The molecule has 1 saturated heterocycles. The minimum Gasteiger partial charge on any atom is -0.392 e. The maximum absolute atomic E-state index is 9.99. The lowest BCUT2D eigenvalue weighted by atomic mass is 10.0. The van der Waals surface area contributed by atoms with Gasteiger partial charge < -0.3 is 9.84 Å². The molecule has 1 saturated carbocycles. The third-order valence-electron chi connectivity index (χ3n) is 4.16. The molecule has 0 aromatic carbocycles. The van der Waals surface area contributed by atoms with E-state index < -0.39 is 0 Å². The van der Waals surface area contributed by atoms with Crippen molar-refractivity contribution in [2.24, 2.45) is 0 Å². The Balaban J connectivity index is 1.47. The predicted octanol–water partition coefficient (Wildman–Crippen LogP) is 3.76. The maximum Gasteiger partial charge on any atom is 0.0630 e. The van der Waals surface area contributed by atoms with Crippen LogP contribution in [0.15, 0.2) is 0 Å². The Morgan fingerprint density at radius 3 is 2.67 bits per heavy atom. The first kappa shape index (κ1) is 14.7. The van der Waals surface area contributed by atoms with Crippen molar-refractivity contribution in [3.8, 4) is 0 Å². The van der Waals surface area contributed by atoms with E-state index in [0.29, 0.717) is 6.10 Å². The SMILES string of the molecule is OC(CCCC1CCCO1)CSC1CCCCC1. The molecule has 2 atom stereocenters. The molecule has 2 unspecified atom stereocenters. The summed E-state index contributed by atoms with van der Waals surface area (Å²) in [6.45, 7) is 0.949. The number of ether oxygens (including phenoxy) is 1. The number of hydrogen-bond acceptors (Lipinski definition) is 3. The monoisotopic (exact) mass is 272 g/mol. The second kappa shape index (κ2) is 8.44. The van der Waals surface area contributed by atoms with Gasteiger partial charge in [0.25, 0.3) is 0 Å². The number of aliphatic hydroxyl groups is 1. The Bertz CT molecular complexity index is 211. The number of hydrogen-bond donors (Lipinski definition) is 1. The molecule has 0 aromatic heterocycles. The van der Waals surface area contributed by atoms with Gasteiger partial charge in [-0.05, 0) is 44.9 Å². The van der Waals surface area contributed by atoms with Crippen LogP contribution in [0.25, 0.3) is 0 Å². The average Bonchev–Trinajstić information content (AvgIpc) is 2.91. The van der Waals surface area contributed by atoms with E-state index in [1.54, 1.807) is 0 Å². The molecule has 2 rings (SSSR count). The van der Waals surface area contributed by atoms with Crippen molar-refractivity contribution in [1.82, 2.24) is 0 Å². The van der Waals surface area contributed by atoms with Crippen LogP contribution in [0.5, 0.6) is 0 Å². The van der Waals surface area contributed by atoms with Crippen molar-refractivity contribution < 1.29 is 9.84 Å². The lowest BCUT2D eigenvalue weighted by Gasteiger charge is -2.22. The first-order valence-corrected chi connectivity index (χ1v) is 8.81. The standard InChI is InChI=1S/C15H28O2S/c16-13(6-4-7-14-8-5-11-17-14)12-18-15-9-2-1-3-10-15/h13-16H,1-12H2. The quantitative estimate of drug-likeness (QED) is 0.765. The first-order valence-electron chi connectivity index (χ1n) is 7.76. The molecule has 0 radical (unpaired) electrons. The van der Waals surface area contributed by atoms with Crippen molar-refractivity contribution in [2.45, 2.75) is 81.7 Å². The summed E-state index contributed by atoms with van der Waals surface area (Å²) < 4.78 is 5.60. The number of thioether (sulfide) groups is 1. The van der Waals surface area contributed by atoms with Gasteiger partial charge in [0.1, 0.15) is 0 Å². The van der Waals surface area contributed by atoms with Gasteiger partial charge in [-0.1, -0.05) is 19.3 Å². The van der Waals surface area contributed by atoms with Crippen LogP contribution in [0.2, 0.25) is 0 Å². The predicted molar refractivity (Wildman–Crippen MR) is 78.2 cm³/mol. The van der Waals surface area contributed by atoms with E-state index in [-0.39, 0.29) is 6.10 Å². The Morgan fingerprint density at radius 2 is 1.94 bits per heavy atom. The largest absolute Gasteiger partial charge is 0.392 e. The Hall–Kier alpha value is 0.270. The Labute approximate surface area is 116 Å². The fourth-order valence-corrected chi connectivity index (χ4v) is 4.34. The maximum atomic E-state index is 9.99. The molecule has 1 heterocycles. The zero-order chi connectivity index (χ0) is 12.6. The molecule has 1 N–H and O–H groups in total. The van der Waals surface area contributed by atoms with Crippen LogP contribution in [0.1, 0.15) is 64.2 Å². The summed E-state index contributed by atoms with van der Waals surface area (Å²) in [6, 6.07) is 0. The molecule has 1 aliphatic carbocycles. The van der Waals surface area contributed by atoms with E-state index in [9.17, 15) is 5.11 Å². The van der Waals surface area contributed by atoms with E-state index in [1.807, 2.05) is 11.8 Å². The lowest BCUT2D eigenvalue weighted by molar-refractivity contribution is 0.0966. The van der Waals surface area contributed by atoms with Crippen molar-refractivity contribution in [2.75, 3.05) is 12.4 Å². The van der Waals surface area contributed by atoms with Gasteiger partial charge in [0, 0.05) is 17.6 Å². The van der Waals surface area contributed by atoms with Gasteiger partial charge in [-0.3, -0.25) is 0 Å². The zero-order valence-corrected chi connectivity index (χ0v) is 12.3. The molecule has 1 aliphatic heterocycles. The van der Waals surface area contributed by atoms with Gasteiger partial charge in [0.15, 0.2) is 0 Å². The lowest BCUT2D eigenvalue weighted by Crippen LogP contribution is -2.16. The third-order valence-corrected chi connectivity index (χ3v) is 5.68. The number of aliphatic hydroxyl groups excluding tert-OH is 1. The molecular weight excluding hydrogens is 244 g/mol. The highest BCUT2D eigenvalue weighted by atomic mass is 32.2. The third kappa shape index (κ3) is 5.50. The molecular formula is C15H28O2S. The summed E-state index contributed by atoms with van der Waals surface area (Å²) in [7, 11) is 0. The van der Waals surface area contributed by atoms with E-state index in [1.165, 1.54) is 44.9 Å². The van der Waals surface area contributed by atoms with Gasteiger partial charge in [-0.25, -0.2) is 0 Å². The van der Waals surface area contributed by atoms with Crippen LogP contribution in [-0.4, -0.2) is 34.9 Å². The second-order valence-electron chi connectivity index (χ2n) is 5.81. The van der Waals surface area contributed by atoms with E-state index in [0.717, 1.165) is 36.9 Å². The highest BCUT2D eigenvalue weighted by molar-refractivity contribution is 7.99. The fourth-order valence-electron chi connectivity index (χ4n) is 3.02. The van der Waals surface area contributed by atoms with Gasteiger partial charge >= 0.3 is 0 Å². The highest BCUT2D eigenvalue weighted by Gasteiger charge is 2.17. The second-order valence-corrected chi connectivity index (χ2v) is 7.15. The Kier molecular flexibility index (Phi) is 6.88. The van der Waals surface area contributed by atoms with Crippen LogP contribution in [0, 0.1) is 0 Å². The average molecular weight is 272 g/mol. The number of rotatable bonds is 7. The molecule has 0 amide bonds. The van der Waals surface area contributed by atoms with Gasteiger partial charge in [0.2, 0.25) is 0 Å². The summed E-state index contributed by atoms with van der Waals surface area (Å²) in [5, 5.41) is 10.8. The Morgan fingerprint density at radius 1 is 1.11 bits per heavy atom. The van der Waals surface area contributed by atoms with E-state index in [4.69, 9.17) is 4.74 Å². The van der Waals surface area contributed by atoms with Crippen LogP contribution in [0.3, 0.4) is 0 Å². The van der Waals surface area contributed by atoms with Gasteiger partial charge in [-0.15, -0.1) is 0 Å². The van der Waals surface area contributed by atoms with Crippen molar-refractivity contribution >= 4 is 11.8 Å². The van der Waals surface area contributed by atoms with Crippen LogP contribution in [-0.2, 0) is 4.74 Å². The van der Waals surface area contributed by atoms with Crippen LogP contribution in [0.4, 0.5) is 0 Å². The van der Waals surface area contributed by atoms with Gasteiger partial charge in [0.05, 0.1) is 12.2 Å². The molecule has 2 nitrogen and oxygen atoms in total. The van der Waals surface area contributed by atoms with E-state index >= 15 is 0 Å². The van der Waals surface area contributed by atoms with Crippen LogP contribution < -0.4 is 0 Å². The minimum absolute atomic E-state index is 0.0988. The van der Waals surface area contributed by atoms with E-state index in [2.05, 4.69) is 0 Å². The van der Waals surface area contributed by atoms with Crippen molar-refractivity contribution in [1.29, 1.82) is 0 Å². The smallest absolute Gasteiger partial charge is 0.0630 e. The normalized spacial score (nSPS) is 27.5. The summed E-state index contributed by atoms with van der Waals surface area (Å²) in [5.41, 5.74) is 0. The molecule has 3 heteroatoms. The topological polar surface area (TPSA) is 29.5 Å². The molecule has 106 valence electrons. The molecule has 0 aromatic rings. The fraction of sp³-hybridized carbons (Fsp3) is 1.00. The highest BCUT2D eigenvalue weighted by Crippen LogP contribution is 2.29. The van der Waals surface area contributed by atoms with Crippen molar-refractivity contribution in [3.63, 3.8) is 0 Å². The van der Waals surface area contributed by atoms with Crippen LogP contribution >= 0.6 is 11.8 Å². The molecule has 0 bridgehead atoms.